The molecule has 0 spiro atoms. The lowest BCUT2D eigenvalue weighted by atomic mass is 10.0. The van der Waals surface area contributed by atoms with Crippen molar-refractivity contribution in [3.05, 3.63) is 58.0 Å². The van der Waals surface area contributed by atoms with E-state index in [4.69, 9.17) is 10.2 Å². The monoisotopic (exact) mass is 287 g/mol. The molecule has 1 aromatic carbocycles. The Kier molecular flexibility index (Phi) is 3.07. The smallest absolute Gasteiger partial charge is 0.164 e. The van der Waals surface area contributed by atoms with Crippen molar-refractivity contribution < 1.29 is 13.2 Å². The van der Waals surface area contributed by atoms with E-state index in [1.807, 2.05) is 0 Å². The van der Waals surface area contributed by atoms with Gasteiger partial charge in [-0.25, -0.2) is 8.78 Å². The van der Waals surface area contributed by atoms with Gasteiger partial charge in [0, 0.05) is 5.56 Å². The van der Waals surface area contributed by atoms with Gasteiger partial charge in [0.05, 0.1) is 16.8 Å². The summed E-state index contributed by atoms with van der Waals surface area (Å²) in [5.41, 5.74) is 5.87. The molecule has 2 rings (SSSR count). The second-order valence-electron chi connectivity index (χ2n) is 3.25. The van der Waals surface area contributed by atoms with Crippen LogP contribution in [0.2, 0.25) is 0 Å². The van der Waals surface area contributed by atoms with E-state index in [0.29, 0.717) is 10.2 Å². The predicted octanol–water partition coefficient (Wildman–Crippen LogP) is 3.37. The number of halogens is 3. The van der Waals surface area contributed by atoms with Crippen LogP contribution < -0.4 is 5.73 Å². The van der Waals surface area contributed by atoms with Crippen molar-refractivity contribution in [1.29, 1.82) is 0 Å². The molecule has 1 aromatic heterocycles. The van der Waals surface area contributed by atoms with Gasteiger partial charge in [-0.1, -0.05) is 12.1 Å². The topological polar surface area (TPSA) is 39.2 Å². The molecule has 1 unspecified atom stereocenters. The van der Waals surface area contributed by atoms with E-state index in [0.717, 1.165) is 6.07 Å². The molecule has 16 heavy (non-hydrogen) atoms. The van der Waals surface area contributed by atoms with Crippen LogP contribution >= 0.6 is 15.9 Å². The van der Waals surface area contributed by atoms with Crippen LogP contribution in [0.4, 0.5) is 8.78 Å². The number of furan rings is 1. The van der Waals surface area contributed by atoms with Crippen molar-refractivity contribution in [2.45, 2.75) is 6.04 Å². The third-order valence-electron chi connectivity index (χ3n) is 2.24. The summed E-state index contributed by atoms with van der Waals surface area (Å²) >= 11 is 3.22. The standard InChI is InChI=1S/C11H8BrF2NO/c12-7-4-5-16-11(7)10(15)6-2-1-3-8(13)9(6)14/h1-5,10H,15H2. The van der Waals surface area contributed by atoms with Gasteiger partial charge in [0.2, 0.25) is 0 Å². The van der Waals surface area contributed by atoms with Gasteiger partial charge in [0.1, 0.15) is 5.76 Å². The van der Waals surface area contributed by atoms with Crippen LogP contribution in [0.3, 0.4) is 0 Å². The lowest BCUT2D eigenvalue weighted by molar-refractivity contribution is 0.461. The van der Waals surface area contributed by atoms with E-state index in [2.05, 4.69) is 15.9 Å². The van der Waals surface area contributed by atoms with Crippen LogP contribution in [0.15, 0.2) is 39.4 Å². The van der Waals surface area contributed by atoms with Crippen molar-refractivity contribution in [2.75, 3.05) is 0 Å². The second kappa shape index (κ2) is 4.35. The van der Waals surface area contributed by atoms with Gasteiger partial charge in [-0.3, -0.25) is 0 Å². The molecule has 0 aliphatic heterocycles. The van der Waals surface area contributed by atoms with Crippen molar-refractivity contribution in [3.63, 3.8) is 0 Å². The maximum absolute atomic E-state index is 13.5. The summed E-state index contributed by atoms with van der Waals surface area (Å²) < 4.78 is 32.2. The van der Waals surface area contributed by atoms with Crippen molar-refractivity contribution in [2.24, 2.45) is 5.73 Å². The van der Waals surface area contributed by atoms with Gasteiger partial charge >= 0.3 is 0 Å². The summed E-state index contributed by atoms with van der Waals surface area (Å²) in [6, 6.07) is 4.69. The molecule has 84 valence electrons. The first kappa shape index (κ1) is 11.3. The molecule has 0 bridgehead atoms. The van der Waals surface area contributed by atoms with Crippen LogP contribution in [0.25, 0.3) is 0 Å². The Balaban J connectivity index is 2.46. The Labute approximate surface area is 99.2 Å². The van der Waals surface area contributed by atoms with E-state index < -0.39 is 17.7 Å². The molecule has 0 amide bonds. The molecule has 0 fully saturated rings. The number of rotatable bonds is 2. The highest BCUT2D eigenvalue weighted by atomic mass is 79.9. The quantitative estimate of drug-likeness (QED) is 0.920. The van der Waals surface area contributed by atoms with Gasteiger partial charge < -0.3 is 10.2 Å². The second-order valence-corrected chi connectivity index (χ2v) is 4.11. The molecule has 0 radical (unpaired) electrons. The average Bonchev–Trinajstić information content (AvgIpc) is 2.68. The molecule has 2 aromatic rings. The predicted molar refractivity (Wildman–Crippen MR) is 58.8 cm³/mol. The Bertz CT molecular complexity index is 512. The molecule has 2 nitrogen and oxygen atoms in total. The Morgan fingerprint density at radius 2 is 2.00 bits per heavy atom. The Morgan fingerprint density at radius 3 is 2.62 bits per heavy atom. The third kappa shape index (κ3) is 1.88. The highest BCUT2D eigenvalue weighted by Gasteiger charge is 2.20. The zero-order valence-corrected chi connectivity index (χ0v) is 9.67. The SMILES string of the molecule is NC(c1cccc(F)c1F)c1occc1Br. The first-order valence-corrected chi connectivity index (χ1v) is 5.33. The number of benzene rings is 1. The molecular weight excluding hydrogens is 280 g/mol. The van der Waals surface area contributed by atoms with Crippen LogP contribution in [0.1, 0.15) is 17.4 Å². The van der Waals surface area contributed by atoms with Crippen LogP contribution in [-0.2, 0) is 0 Å². The molecule has 2 N–H and O–H groups in total. The van der Waals surface area contributed by atoms with E-state index in [9.17, 15) is 8.78 Å². The molecule has 0 saturated heterocycles. The first-order chi connectivity index (χ1) is 7.61. The molecule has 1 heterocycles. The van der Waals surface area contributed by atoms with Gasteiger partial charge in [-0.15, -0.1) is 0 Å². The summed E-state index contributed by atoms with van der Waals surface area (Å²) in [6.45, 7) is 0. The van der Waals surface area contributed by atoms with Crippen LogP contribution in [0.5, 0.6) is 0 Å². The minimum absolute atomic E-state index is 0.0654. The largest absolute Gasteiger partial charge is 0.466 e. The van der Waals surface area contributed by atoms with Crippen molar-refractivity contribution >= 4 is 15.9 Å². The Morgan fingerprint density at radius 1 is 1.25 bits per heavy atom. The minimum atomic E-state index is -0.946. The fourth-order valence-corrected chi connectivity index (χ4v) is 1.88. The molecule has 5 heteroatoms. The summed E-state index contributed by atoms with van der Waals surface area (Å²) in [4.78, 5) is 0. The van der Waals surface area contributed by atoms with E-state index >= 15 is 0 Å². The zero-order valence-electron chi connectivity index (χ0n) is 8.08. The summed E-state index contributed by atoms with van der Waals surface area (Å²) in [5, 5.41) is 0. The molecule has 0 saturated carbocycles. The van der Waals surface area contributed by atoms with E-state index in [1.54, 1.807) is 6.07 Å². The van der Waals surface area contributed by atoms with Crippen molar-refractivity contribution in [1.82, 2.24) is 0 Å². The van der Waals surface area contributed by atoms with Gasteiger partial charge in [-0.2, -0.15) is 0 Å². The molecule has 1 atom stereocenters. The molecular formula is C11H8BrF2NO. The van der Waals surface area contributed by atoms with Crippen molar-refractivity contribution in [3.8, 4) is 0 Å². The van der Waals surface area contributed by atoms with E-state index in [1.165, 1.54) is 18.4 Å². The van der Waals surface area contributed by atoms with Gasteiger partial charge in [0.15, 0.2) is 11.6 Å². The maximum atomic E-state index is 13.5. The fraction of sp³-hybridized carbons (Fsp3) is 0.0909. The summed E-state index contributed by atoms with van der Waals surface area (Å²) in [5.74, 6) is -1.50. The highest BCUT2D eigenvalue weighted by molar-refractivity contribution is 9.10. The zero-order chi connectivity index (χ0) is 11.7. The number of hydrogen-bond acceptors (Lipinski definition) is 2. The maximum Gasteiger partial charge on any atom is 0.164 e. The number of hydrogen-bond donors (Lipinski definition) is 1. The molecule has 0 aliphatic rings. The highest BCUT2D eigenvalue weighted by Crippen LogP contribution is 2.29. The number of nitrogens with two attached hydrogens (primary N) is 1. The lowest BCUT2D eigenvalue weighted by Crippen LogP contribution is -2.14. The molecule has 0 aliphatic carbocycles. The lowest BCUT2D eigenvalue weighted by Gasteiger charge is -2.11. The average molecular weight is 288 g/mol. The fourth-order valence-electron chi connectivity index (χ4n) is 1.43. The minimum Gasteiger partial charge on any atom is -0.466 e. The van der Waals surface area contributed by atoms with E-state index in [-0.39, 0.29) is 5.56 Å². The normalized spacial score (nSPS) is 12.8. The van der Waals surface area contributed by atoms with Gasteiger partial charge in [-0.05, 0) is 28.1 Å². The summed E-state index contributed by atoms with van der Waals surface area (Å²) in [6.07, 6.45) is 1.43. The van der Waals surface area contributed by atoms with Crippen LogP contribution in [-0.4, -0.2) is 0 Å². The van der Waals surface area contributed by atoms with Crippen LogP contribution in [0, 0.1) is 11.6 Å². The van der Waals surface area contributed by atoms with Gasteiger partial charge in [0.25, 0.3) is 0 Å². The third-order valence-corrected chi connectivity index (χ3v) is 2.90. The Hall–Kier alpha value is -1.20. The first-order valence-electron chi connectivity index (χ1n) is 4.53. The summed E-state index contributed by atoms with van der Waals surface area (Å²) in [7, 11) is 0.